The molecule has 21 heavy (non-hydrogen) atoms. The summed E-state index contributed by atoms with van der Waals surface area (Å²) in [6, 6.07) is 9.23. The van der Waals surface area contributed by atoms with E-state index in [0.717, 1.165) is 19.0 Å². The lowest BCUT2D eigenvalue weighted by Gasteiger charge is -2.36. The van der Waals surface area contributed by atoms with Crippen LogP contribution >= 0.6 is 0 Å². The molecule has 2 N–H and O–H groups in total. The second-order valence-electron chi connectivity index (χ2n) is 7.08. The predicted octanol–water partition coefficient (Wildman–Crippen LogP) is 3.97. The van der Waals surface area contributed by atoms with Gasteiger partial charge in [-0.3, -0.25) is 0 Å². The molecule has 0 heterocycles. The molecule has 2 heteroatoms. The van der Waals surface area contributed by atoms with Crippen molar-refractivity contribution in [2.45, 2.75) is 58.5 Å². The third-order valence-corrected chi connectivity index (χ3v) is 4.93. The van der Waals surface area contributed by atoms with Crippen molar-refractivity contribution in [1.82, 2.24) is 4.90 Å². The lowest BCUT2D eigenvalue weighted by Crippen LogP contribution is -2.42. The van der Waals surface area contributed by atoms with E-state index >= 15 is 0 Å². The molecule has 0 bridgehead atoms. The van der Waals surface area contributed by atoms with Crippen LogP contribution in [0.15, 0.2) is 24.3 Å². The zero-order valence-electron chi connectivity index (χ0n) is 14.0. The van der Waals surface area contributed by atoms with Crippen molar-refractivity contribution in [2.24, 2.45) is 17.6 Å². The number of nitrogens with two attached hydrogens (primary N) is 1. The Morgan fingerprint density at radius 3 is 2.81 bits per heavy atom. The number of aryl methyl sites for hydroxylation is 1. The van der Waals surface area contributed by atoms with E-state index in [9.17, 15) is 0 Å². The zero-order chi connectivity index (χ0) is 15.2. The van der Waals surface area contributed by atoms with E-state index in [1.165, 1.54) is 43.2 Å². The van der Waals surface area contributed by atoms with Crippen LogP contribution in [0.4, 0.5) is 0 Å². The van der Waals surface area contributed by atoms with Gasteiger partial charge < -0.3 is 10.6 Å². The summed E-state index contributed by atoms with van der Waals surface area (Å²) in [4.78, 5) is 2.45. The van der Waals surface area contributed by atoms with E-state index < -0.39 is 0 Å². The van der Waals surface area contributed by atoms with Crippen LogP contribution in [0, 0.1) is 18.8 Å². The van der Waals surface area contributed by atoms with Crippen LogP contribution in [0.2, 0.25) is 0 Å². The first-order valence-electron chi connectivity index (χ1n) is 8.58. The van der Waals surface area contributed by atoms with Crippen LogP contribution in [0.5, 0.6) is 0 Å². The Morgan fingerprint density at radius 2 is 2.10 bits per heavy atom. The third-order valence-electron chi connectivity index (χ3n) is 4.93. The maximum Gasteiger partial charge on any atom is 0.0230 e. The quantitative estimate of drug-likeness (QED) is 0.858. The van der Waals surface area contributed by atoms with Gasteiger partial charge in [0.2, 0.25) is 0 Å². The van der Waals surface area contributed by atoms with Crippen molar-refractivity contribution in [3.63, 3.8) is 0 Å². The SMILES string of the molecule is CCCC1CCC(N)C(CN(C)Cc2cccc(C)c2)C1. The van der Waals surface area contributed by atoms with Crippen LogP contribution in [0.1, 0.15) is 50.2 Å². The molecular weight excluding hydrogens is 256 g/mol. The second-order valence-corrected chi connectivity index (χ2v) is 7.08. The molecule has 2 nitrogen and oxygen atoms in total. The van der Waals surface area contributed by atoms with Crippen molar-refractivity contribution >= 4 is 0 Å². The molecule has 1 aliphatic carbocycles. The van der Waals surface area contributed by atoms with Gasteiger partial charge in [0.25, 0.3) is 0 Å². The van der Waals surface area contributed by atoms with Gasteiger partial charge in [0, 0.05) is 19.1 Å². The summed E-state index contributed by atoms with van der Waals surface area (Å²) in [6.07, 6.45) is 6.57. The van der Waals surface area contributed by atoms with Crippen molar-refractivity contribution in [3.05, 3.63) is 35.4 Å². The van der Waals surface area contributed by atoms with Crippen molar-refractivity contribution in [1.29, 1.82) is 0 Å². The summed E-state index contributed by atoms with van der Waals surface area (Å²) >= 11 is 0. The molecule has 0 aromatic heterocycles. The van der Waals surface area contributed by atoms with E-state index in [1.807, 2.05) is 0 Å². The summed E-state index contributed by atoms with van der Waals surface area (Å²) in [6.45, 7) is 6.63. The summed E-state index contributed by atoms with van der Waals surface area (Å²) in [5.74, 6) is 1.58. The highest BCUT2D eigenvalue weighted by Crippen LogP contribution is 2.31. The number of rotatable bonds is 6. The van der Waals surface area contributed by atoms with Crippen LogP contribution in [-0.2, 0) is 6.54 Å². The van der Waals surface area contributed by atoms with Gasteiger partial charge in [0.15, 0.2) is 0 Å². The molecule has 1 aliphatic rings. The molecule has 0 spiro atoms. The molecule has 118 valence electrons. The highest BCUT2D eigenvalue weighted by Gasteiger charge is 2.28. The second kappa shape index (κ2) is 7.95. The van der Waals surface area contributed by atoms with Crippen LogP contribution in [0.3, 0.4) is 0 Å². The Morgan fingerprint density at radius 1 is 1.29 bits per heavy atom. The van der Waals surface area contributed by atoms with Gasteiger partial charge >= 0.3 is 0 Å². The van der Waals surface area contributed by atoms with E-state index in [-0.39, 0.29) is 0 Å². The lowest BCUT2D eigenvalue weighted by atomic mass is 9.76. The Hall–Kier alpha value is -0.860. The molecule has 3 atom stereocenters. The molecule has 0 saturated heterocycles. The first kappa shape index (κ1) is 16.5. The topological polar surface area (TPSA) is 29.3 Å². The zero-order valence-corrected chi connectivity index (χ0v) is 14.0. The molecule has 1 aromatic carbocycles. The van der Waals surface area contributed by atoms with E-state index in [0.29, 0.717) is 12.0 Å². The number of nitrogens with zero attached hydrogens (tertiary/aromatic N) is 1. The molecule has 3 unspecified atom stereocenters. The fraction of sp³-hybridized carbons (Fsp3) is 0.684. The van der Waals surface area contributed by atoms with E-state index in [1.54, 1.807) is 0 Å². The van der Waals surface area contributed by atoms with Gasteiger partial charge in [-0.15, -0.1) is 0 Å². The van der Waals surface area contributed by atoms with E-state index in [4.69, 9.17) is 5.73 Å². The summed E-state index contributed by atoms with van der Waals surface area (Å²) in [7, 11) is 2.23. The number of hydrogen-bond acceptors (Lipinski definition) is 2. The monoisotopic (exact) mass is 288 g/mol. The summed E-state index contributed by atoms with van der Waals surface area (Å²) < 4.78 is 0. The first-order valence-corrected chi connectivity index (χ1v) is 8.58. The Labute approximate surface area is 130 Å². The maximum absolute atomic E-state index is 6.38. The van der Waals surface area contributed by atoms with Gasteiger partial charge in [-0.2, -0.15) is 0 Å². The van der Waals surface area contributed by atoms with Gasteiger partial charge in [0.1, 0.15) is 0 Å². The highest BCUT2D eigenvalue weighted by molar-refractivity contribution is 5.22. The largest absolute Gasteiger partial charge is 0.327 e. The molecule has 1 aromatic rings. The van der Waals surface area contributed by atoms with E-state index in [2.05, 4.69) is 50.1 Å². The molecule has 0 radical (unpaired) electrons. The highest BCUT2D eigenvalue weighted by atomic mass is 15.1. The van der Waals surface area contributed by atoms with Crippen LogP contribution in [-0.4, -0.2) is 24.5 Å². The minimum atomic E-state index is 0.401. The minimum absolute atomic E-state index is 0.401. The van der Waals surface area contributed by atoms with Crippen molar-refractivity contribution in [3.8, 4) is 0 Å². The Balaban J connectivity index is 1.87. The van der Waals surface area contributed by atoms with Gasteiger partial charge in [-0.05, 0) is 50.6 Å². The predicted molar refractivity (Wildman–Crippen MR) is 91.2 cm³/mol. The lowest BCUT2D eigenvalue weighted by molar-refractivity contribution is 0.165. The Kier molecular flexibility index (Phi) is 6.25. The number of benzene rings is 1. The van der Waals surface area contributed by atoms with Crippen LogP contribution < -0.4 is 5.73 Å². The normalized spacial score (nSPS) is 26.2. The van der Waals surface area contributed by atoms with Gasteiger partial charge in [-0.1, -0.05) is 49.6 Å². The minimum Gasteiger partial charge on any atom is -0.327 e. The molecular formula is C19H32N2. The maximum atomic E-state index is 6.38. The summed E-state index contributed by atoms with van der Waals surface area (Å²) in [5, 5.41) is 0. The molecule has 2 rings (SSSR count). The fourth-order valence-electron chi connectivity index (χ4n) is 3.85. The standard InChI is InChI=1S/C19H32N2/c1-4-6-16-9-10-19(20)18(12-16)14-21(3)13-17-8-5-7-15(2)11-17/h5,7-8,11,16,18-19H,4,6,9-10,12-14,20H2,1-3H3. The Bertz CT molecular complexity index is 429. The van der Waals surface area contributed by atoms with Crippen molar-refractivity contribution in [2.75, 3.05) is 13.6 Å². The summed E-state index contributed by atoms with van der Waals surface area (Å²) in [5.41, 5.74) is 9.13. The van der Waals surface area contributed by atoms with Crippen LogP contribution in [0.25, 0.3) is 0 Å². The van der Waals surface area contributed by atoms with Crippen molar-refractivity contribution < 1.29 is 0 Å². The average Bonchev–Trinajstić information content (AvgIpc) is 2.43. The smallest absolute Gasteiger partial charge is 0.0230 e. The van der Waals surface area contributed by atoms with Gasteiger partial charge in [-0.25, -0.2) is 0 Å². The first-order chi connectivity index (χ1) is 10.1. The number of hydrogen-bond donors (Lipinski definition) is 1. The molecule has 0 amide bonds. The molecule has 1 fully saturated rings. The third kappa shape index (κ3) is 5.12. The molecule has 1 saturated carbocycles. The van der Waals surface area contributed by atoms with Gasteiger partial charge in [0.05, 0.1) is 0 Å². The average molecular weight is 288 g/mol. The fourth-order valence-corrected chi connectivity index (χ4v) is 3.85. The molecule has 0 aliphatic heterocycles.